The van der Waals surface area contributed by atoms with E-state index < -0.39 is 0 Å². The monoisotopic (exact) mass is 403 g/mol. The zero-order valence-corrected chi connectivity index (χ0v) is 17.5. The molecule has 0 saturated heterocycles. The van der Waals surface area contributed by atoms with Gasteiger partial charge in [-0.15, -0.1) is 0 Å². The summed E-state index contributed by atoms with van der Waals surface area (Å²) in [5.74, 6) is 2.35. The fourth-order valence-electron chi connectivity index (χ4n) is 3.32. The molecule has 0 amide bonds. The van der Waals surface area contributed by atoms with Crippen LogP contribution in [-0.2, 0) is 6.54 Å². The lowest BCUT2D eigenvalue weighted by Gasteiger charge is -2.16. The Kier molecular flexibility index (Phi) is 7.87. The highest BCUT2D eigenvalue weighted by atomic mass is 35.5. The van der Waals surface area contributed by atoms with Gasteiger partial charge in [0.2, 0.25) is 0 Å². The first-order chi connectivity index (χ1) is 13.6. The molecule has 1 N–H and O–H groups in total. The highest BCUT2D eigenvalue weighted by Gasteiger charge is 2.17. The molecule has 152 valence electrons. The van der Waals surface area contributed by atoms with E-state index in [1.54, 1.807) is 0 Å². The average Bonchev–Trinajstić information content (AvgIpc) is 3.18. The molecule has 0 bridgehead atoms. The number of nitrogens with one attached hydrogen (secondary N) is 1. The van der Waals surface area contributed by atoms with Gasteiger partial charge in [0.05, 0.1) is 17.2 Å². The molecule has 0 atom stereocenters. The van der Waals surface area contributed by atoms with Crippen molar-refractivity contribution >= 4 is 11.6 Å². The summed E-state index contributed by atoms with van der Waals surface area (Å²) in [5, 5.41) is 4.09. The number of halogens is 1. The largest absolute Gasteiger partial charge is 0.489 e. The van der Waals surface area contributed by atoms with Crippen molar-refractivity contribution < 1.29 is 14.2 Å². The summed E-state index contributed by atoms with van der Waals surface area (Å²) in [6.45, 7) is 6.06. The quantitative estimate of drug-likeness (QED) is 0.523. The molecule has 1 fully saturated rings. The van der Waals surface area contributed by atoms with Crippen LogP contribution in [0.2, 0.25) is 5.02 Å². The molecule has 1 aliphatic rings. The van der Waals surface area contributed by atoms with E-state index in [2.05, 4.69) is 5.32 Å². The van der Waals surface area contributed by atoms with Crippen LogP contribution in [0.15, 0.2) is 42.5 Å². The lowest BCUT2D eigenvalue weighted by molar-refractivity contribution is 0.210. The summed E-state index contributed by atoms with van der Waals surface area (Å²) in [4.78, 5) is 0. The minimum absolute atomic E-state index is 0.119. The number of para-hydroxylation sites is 2. The second kappa shape index (κ2) is 10.6. The van der Waals surface area contributed by atoms with Gasteiger partial charge in [-0.05, 0) is 69.4 Å². The predicted molar refractivity (Wildman–Crippen MR) is 114 cm³/mol. The van der Waals surface area contributed by atoms with Crippen LogP contribution in [0.5, 0.6) is 17.2 Å². The molecule has 5 heteroatoms. The van der Waals surface area contributed by atoms with E-state index in [1.165, 1.54) is 12.8 Å². The number of hydrogen-bond acceptors (Lipinski definition) is 4. The number of ether oxygens (including phenoxy) is 3. The second-order valence-corrected chi connectivity index (χ2v) is 7.83. The maximum Gasteiger partial charge on any atom is 0.161 e. The van der Waals surface area contributed by atoms with Gasteiger partial charge >= 0.3 is 0 Å². The normalized spacial score (nSPS) is 14.4. The van der Waals surface area contributed by atoms with Gasteiger partial charge in [0.15, 0.2) is 11.5 Å². The first-order valence-electron chi connectivity index (χ1n) is 10.2. The summed E-state index contributed by atoms with van der Waals surface area (Å²) in [5.41, 5.74) is 1.15. The van der Waals surface area contributed by atoms with Gasteiger partial charge in [0.25, 0.3) is 0 Å². The first-order valence-corrected chi connectivity index (χ1v) is 10.5. The predicted octanol–water partition coefficient (Wildman–Crippen LogP) is 5.62. The van der Waals surface area contributed by atoms with Crippen LogP contribution in [0.1, 0.15) is 45.1 Å². The Morgan fingerprint density at radius 3 is 2.54 bits per heavy atom. The topological polar surface area (TPSA) is 39.7 Å². The van der Waals surface area contributed by atoms with E-state index in [9.17, 15) is 0 Å². The molecule has 2 aromatic rings. The molecular formula is C23H30ClNO3. The van der Waals surface area contributed by atoms with Crippen molar-refractivity contribution in [1.29, 1.82) is 0 Å². The molecule has 28 heavy (non-hydrogen) atoms. The summed E-state index contributed by atoms with van der Waals surface area (Å²) in [7, 11) is 0. The lowest BCUT2D eigenvalue weighted by atomic mass is 10.2. The van der Waals surface area contributed by atoms with Gasteiger partial charge in [0, 0.05) is 13.1 Å². The smallest absolute Gasteiger partial charge is 0.161 e. The third kappa shape index (κ3) is 6.32. The summed E-state index contributed by atoms with van der Waals surface area (Å²) in [6, 6.07) is 13.8. The maximum absolute atomic E-state index is 6.30. The van der Waals surface area contributed by atoms with Gasteiger partial charge in [-0.25, -0.2) is 0 Å². The van der Waals surface area contributed by atoms with Gasteiger partial charge in [-0.1, -0.05) is 29.8 Å². The second-order valence-electron chi connectivity index (χ2n) is 7.43. The molecule has 3 rings (SSSR count). The zero-order chi connectivity index (χ0) is 19.8. The van der Waals surface area contributed by atoms with Crippen molar-refractivity contribution in [2.45, 2.75) is 58.3 Å². The van der Waals surface area contributed by atoms with Crippen LogP contribution in [-0.4, -0.2) is 25.4 Å². The molecular weight excluding hydrogens is 374 g/mol. The van der Waals surface area contributed by atoms with E-state index in [0.717, 1.165) is 48.7 Å². The summed E-state index contributed by atoms with van der Waals surface area (Å²) >= 11 is 6.30. The Balaban J connectivity index is 1.44. The van der Waals surface area contributed by atoms with Crippen LogP contribution in [0, 0.1) is 0 Å². The molecule has 0 aliphatic heterocycles. The molecule has 0 spiro atoms. The van der Waals surface area contributed by atoms with E-state index in [1.807, 2.05) is 56.3 Å². The number of hydrogen-bond donors (Lipinski definition) is 1. The average molecular weight is 404 g/mol. The van der Waals surface area contributed by atoms with Gasteiger partial charge in [-0.2, -0.15) is 0 Å². The van der Waals surface area contributed by atoms with Crippen molar-refractivity contribution in [2.75, 3.05) is 13.2 Å². The van der Waals surface area contributed by atoms with Gasteiger partial charge in [0.1, 0.15) is 12.4 Å². The molecule has 1 aliphatic carbocycles. The molecule has 0 radical (unpaired) electrons. The molecule has 0 heterocycles. The van der Waals surface area contributed by atoms with E-state index >= 15 is 0 Å². The van der Waals surface area contributed by atoms with Gasteiger partial charge < -0.3 is 19.5 Å². The maximum atomic E-state index is 6.30. The molecule has 4 nitrogen and oxygen atoms in total. The van der Waals surface area contributed by atoms with E-state index in [0.29, 0.717) is 17.7 Å². The lowest BCUT2D eigenvalue weighted by Crippen LogP contribution is -2.21. The summed E-state index contributed by atoms with van der Waals surface area (Å²) in [6.07, 6.45) is 5.16. The minimum Gasteiger partial charge on any atom is -0.489 e. The molecule has 1 saturated carbocycles. The van der Waals surface area contributed by atoms with Crippen molar-refractivity contribution in [1.82, 2.24) is 5.32 Å². The van der Waals surface area contributed by atoms with Crippen molar-refractivity contribution in [3.05, 3.63) is 53.1 Å². The van der Waals surface area contributed by atoms with Crippen LogP contribution in [0.25, 0.3) is 0 Å². The van der Waals surface area contributed by atoms with Crippen LogP contribution in [0.4, 0.5) is 0 Å². The Hall–Kier alpha value is -1.91. The Morgan fingerprint density at radius 2 is 1.79 bits per heavy atom. The Bertz CT molecular complexity index is 744. The number of rotatable bonds is 10. The molecule has 0 unspecified atom stereocenters. The minimum atomic E-state index is 0.119. The highest BCUT2D eigenvalue weighted by Crippen LogP contribution is 2.30. The first kappa shape index (κ1) is 20.8. The van der Waals surface area contributed by atoms with Crippen LogP contribution in [0.3, 0.4) is 0 Å². The summed E-state index contributed by atoms with van der Waals surface area (Å²) < 4.78 is 17.7. The fraction of sp³-hybridized carbons (Fsp3) is 0.478. The van der Waals surface area contributed by atoms with Crippen LogP contribution >= 0.6 is 11.6 Å². The standard InChI is InChI=1S/C23H30ClNO3/c1-17(2)27-22-10-6-5-9-21(22)26-14-13-25-16-18-11-12-20(24)23(15-18)28-19-7-3-4-8-19/h5-6,9-12,15,17,19,25H,3-4,7-8,13-14,16H2,1-2H3. The van der Waals surface area contributed by atoms with E-state index in [4.69, 9.17) is 25.8 Å². The zero-order valence-electron chi connectivity index (χ0n) is 16.7. The molecule has 0 aromatic heterocycles. The molecule has 2 aromatic carbocycles. The van der Waals surface area contributed by atoms with Crippen molar-refractivity contribution in [3.8, 4) is 17.2 Å². The SMILES string of the molecule is CC(C)Oc1ccccc1OCCNCc1ccc(Cl)c(OC2CCCC2)c1. The highest BCUT2D eigenvalue weighted by molar-refractivity contribution is 6.32. The Morgan fingerprint density at radius 1 is 1.04 bits per heavy atom. The van der Waals surface area contributed by atoms with E-state index in [-0.39, 0.29) is 6.10 Å². The third-order valence-electron chi connectivity index (χ3n) is 4.67. The number of benzene rings is 2. The van der Waals surface area contributed by atoms with Crippen molar-refractivity contribution in [2.24, 2.45) is 0 Å². The fourth-order valence-corrected chi connectivity index (χ4v) is 3.48. The Labute approximate surface area is 173 Å². The van der Waals surface area contributed by atoms with Crippen molar-refractivity contribution in [3.63, 3.8) is 0 Å². The third-order valence-corrected chi connectivity index (χ3v) is 4.98. The van der Waals surface area contributed by atoms with Crippen LogP contribution < -0.4 is 19.5 Å². The van der Waals surface area contributed by atoms with Gasteiger partial charge in [-0.3, -0.25) is 0 Å².